The number of nitrogens with zero attached hydrogens (tertiary/aromatic N) is 2. The summed E-state index contributed by atoms with van der Waals surface area (Å²) in [5, 5.41) is 17.5. The highest BCUT2D eigenvalue weighted by Gasteiger charge is 2.33. The molecule has 0 amide bonds. The number of hydrogen-bond donors (Lipinski definition) is 4. The molecule has 35 heavy (non-hydrogen) atoms. The van der Waals surface area contributed by atoms with Crippen LogP contribution in [-0.4, -0.2) is 64.4 Å². The molecular weight excluding hydrogens is 440 g/mol. The third-order valence-corrected chi connectivity index (χ3v) is 6.94. The number of aromatic hydroxyl groups is 1. The second kappa shape index (κ2) is 16.0. The number of carbonyl (C=O) groups is 1. The molecule has 2 unspecified atom stereocenters. The van der Waals surface area contributed by atoms with E-state index in [9.17, 15) is 4.79 Å². The van der Waals surface area contributed by atoms with Crippen LogP contribution in [0.2, 0.25) is 0 Å². The fraction of sp³-hybridized carbons (Fsp3) is 0.750. The molecule has 2 rings (SSSR count). The molecular formula is C28H52N4O3. The van der Waals surface area contributed by atoms with Gasteiger partial charge in [-0.15, -0.1) is 0 Å². The molecule has 0 radical (unpaired) electrons. The number of unbranched alkanes of at least 4 members (excludes halogenated alkanes) is 2. The molecule has 1 aromatic rings. The normalized spacial score (nSPS) is 20.6. The van der Waals surface area contributed by atoms with Crippen molar-refractivity contribution in [2.75, 3.05) is 38.6 Å². The van der Waals surface area contributed by atoms with Gasteiger partial charge in [0.1, 0.15) is 11.3 Å². The number of benzene rings is 1. The summed E-state index contributed by atoms with van der Waals surface area (Å²) in [6.45, 7) is 17.2. The molecule has 0 saturated carbocycles. The Balaban J connectivity index is 0.000000462. The Hall–Kier alpha value is -1.83. The first kappa shape index (κ1) is 31.2. The Morgan fingerprint density at radius 3 is 1.86 bits per heavy atom. The van der Waals surface area contributed by atoms with Gasteiger partial charge in [-0.3, -0.25) is 9.80 Å². The number of carboxylic acid groups (broad SMARTS) is 1. The molecule has 2 atom stereocenters. The molecule has 7 nitrogen and oxygen atoms in total. The monoisotopic (exact) mass is 492 g/mol. The summed E-state index contributed by atoms with van der Waals surface area (Å²) in [6.07, 6.45) is 10.7. The average molecular weight is 493 g/mol. The van der Waals surface area contributed by atoms with Gasteiger partial charge in [0.25, 0.3) is 0 Å². The summed E-state index contributed by atoms with van der Waals surface area (Å²) < 4.78 is 0. The Morgan fingerprint density at radius 1 is 1.00 bits per heavy atom. The minimum atomic E-state index is -1.16. The van der Waals surface area contributed by atoms with Gasteiger partial charge in [-0.1, -0.05) is 66.2 Å². The van der Waals surface area contributed by atoms with E-state index >= 15 is 0 Å². The standard InChI is InChI=1S/C21H45N3.C7H7NO3/c1-6-10-12-19(8-3)14-23-16-21(5,22)17-24(18-23)15-20(9-4)13-11-7-2;8-4-1-2-5(7(10)11)6(9)3-4/h19-20H,6-18,22H2,1-5H3;1-3,9H,8H2,(H,10,11). The SMILES string of the molecule is CCCCC(CC)CN1CN(CC(CC)CCCC)CC(C)(N)C1.Nc1ccc(C(=O)O)c(O)c1. The third-order valence-electron chi connectivity index (χ3n) is 6.94. The van der Waals surface area contributed by atoms with Crippen molar-refractivity contribution in [2.45, 2.75) is 91.5 Å². The maximum absolute atomic E-state index is 10.3. The number of nitrogen functional groups attached to an aromatic ring is 1. The maximum Gasteiger partial charge on any atom is 0.339 e. The molecule has 1 fully saturated rings. The lowest BCUT2D eigenvalue weighted by atomic mass is 9.94. The number of rotatable bonds is 13. The second-order valence-electron chi connectivity index (χ2n) is 10.7. The van der Waals surface area contributed by atoms with E-state index in [0.29, 0.717) is 5.69 Å². The van der Waals surface area contributed by atoms with Crippen molar-refractivity contribution >= 4 is 11.7 Å². The van der Waals surface area contributed by atoms with E-state index in [1.807, 2.05) is 0 Å². The van der Waals surface area contributed by atoms with Gasteiger partial charge in [-0.05, 0) is 43.7 Å². The van der Waals surface area contributed by atoms with Crippen LogP contribution in [0, 0.1) is 11.8 Å². The van der Waals surface area contributed by atoms with Crippen molar-refractivity contribution < 1.29 is 15.0 Å². The van der Waals surface area contributed by atoms with E-state index in [0.717, 1.165) is 31.6 Å². The fourth-order valence-corrected chi connectivity index (χ4v) is 4.99. The first-order chi connectivity index (χ1) is 16.5. The van der Waals surface area contributed by atoms with Crippen molar-refractivity contribution in [1.82, 2.24) is 9.80 Å². The number of aromatic carboxylic acids is 1. The zero-order valence-electron chi connectivity index (χ0n) is 22.9. The fourth-order valence-electron chi connectivity index (χ4n) is 4.99. The number of nitrogens with two attached hydrogens (primary N) is 2. The number of anilines is 1. The lowest BCUT2D eigenvalue weighted by Crippen LogP contribution is -2.63. The number of carboxylic acids is 1. The Morgan fingerprint density at radius 2 is 1.49 bits per heavy atom. The smallest absolute Gasteiger partial charge is 0.339 e. The van der Waals surface area contributed by atoms with Gasteiger partial charge >= 0.3 is 5.97 Å². The molecule has 1 saturated heterocycles. The highest BCUT2D eigenvalue weighted by atomic mass is 16.4. The van der Waals surface area contributed by atoms with Crippen LogP contribution >= 0.6 is 0 Å². The summed E-state index contributed by atoms with van der Waals surface area (Å²) >= 11 is 0. The van der Waals surface area contributed by atoms with Crippen molar-refractivity contribution in [3.63, 3.8) is 0 Å². The van der Waals surface area contributed by atoms with Crippen LogP contribution in [-0.2, 0) is 0 Å². The highest BCUT2D eigenvalue weighted by Crippen LogP contribution is 2.22. The molecule has 0 aromatic heterocycles. The molecule has 202 valence electrons. The topological polar surface area (TPSA) is 116 Å². The van der Waals surface area contributed by atoms with Gasteiger partial charge in [0.05, 0.1) is 6.67 Å². The van der Waals surface area contributed by atoms with Crippen LogP contribution in [0.3, 0.4) is 0 Å². The lowest BCUT2D eigenvalue weighted by Gasteiger charge is -2.46. The average Bonchev–Trinajstić information content (AvgIpc) is 2.78. The van der Waals surface area contributed by atoms with E-state index in [1.165, 1.54) is 82.7 Å². The van der Waals surface area contributed by atoms with E-state index in [2.05, 4.69) is 44.4 Å². The predicted molar refractivity (Wildman–Crippen MR) is 147 cm³/mol. The largest absolute Gasteiger partial charge is 0.507 e. The molecule has 1 heterocycles. The summed E-state index contributed by atoms with van der Waals surface area (Å²) in [4.78, 5) is 15.6. The number of hydrogen-bond acceptors (Lipinski definition) is 6. The summed E-state index contributed by atoms with van der Waals surface area (Å²) in [5.41, 5.74) is 12.0. The van der Waals surface area contributed by atoms with Crippen LogP contribution in [0.25, 0.3) is 0 Å². The van der Waals surface area contributed by atoms with Gasteiger partial charge < -0.3 is 21.7 Å². The molecule has 1 aliphatic rings. The number of phenols is 1. The maximum atomic E-state index is 10.3. The van der Waals surface area contributed by atoms with Gasteiger partial charge in [-0.25, -0.2) is 4.79 Å². The van der Waals surface area contributed by atoms with Gasteiger partial charge in [-0.2, -0.15) is 0 Å². The molecule has 0 spiro atoms. The second-order valence-corrected chi connectivity index (χ2v) is 10.7. The zero-order chi connectivity index (χ0) is 26.4. The minimum absolute atomic E-state index is 0.0651. The molecule has 6 N–H and O–H groups in total. The van der Waals surface area contributed by atoms with Crippen LogP contribution in [0.1, 0.15) is 96.3 Å². The highest BCUT2D eigenvalue weighted by molar-refractivity contribution is 5.91. The minimum Gasteiger partial charge on any atom is -0.507 e. The van der Waals surface area contributed by atoms with Crippen LogP contribution < -0.4 is 11.5 Å². The summed E-state index contributed by atoms with van der Waals surface area (Å²) in [6, 6.07) is 3.87. The van der Waals surface area contributed by atoms with Gasteiger partial charge in [0.2, 0.25) is 0 Å². The first-order valence-electron chi connectivity index (χ1n) is 13.6. The Kier molecular flexibility index (Phi) is 14.3. The predicted octanol–water partition coefficient (Wildman–Crippen LogP) is 5.38. The molecule has 0 aliphatic carbocycles. The van der Waals surface area contributed by atoms with Crippen molar-refractivity contribution in [2.24, 2.45) is 17.6 Å². The lowest BCUT2D eigenvalue weighted by molar-refractivity contribution is 0.0182. The van der Waals surface area contributed by atoms with Crippen molar-refractivity contribution in [3.05, 3.63) is 23.8 Å². The van der Waals surface area contributed by atoms with Crippen molar-refractivity contribution in [1.29, 1.82) is 0 Å². The molecule has 0 bridgehead atoms. The first-order valence-corrected chi connectivity index (χ1v) is 13.6. The quantitative estimate of drug-likeness (QED) is 0.273. The van der Waals surface area contributed by atoms with Gasteiger partial charge in [0.15, 0.2) is 0 Å². The summed E-state index contributed by atoms with van der Waals surface area (Å²) in [5.74, 6) is 0.200. The van der Waals surface area contributed by atoms with E-state index in [1.54, 1.807) is 0 Å². The molecule has 1 aromatic carbocycles. The third kappa shape index (κ3) is 12.1. The zero-order valence-corrected chi connectivity index (χ0v) is 22.9. The van der Waals surface area contributed by atoms with Crippen LogP contribution in [0.5, 0.6) is 5.75 Å². The molecule has 1 aliphatic heterocycles. The molecule has 7 heteroatoms. The Labute approximate surface area is 213 Å². The van der Waals surface area contributed by atoms with E-state index in [4.69, 9.17) is 21.7 Å². The van der Waals surface area contributed by atoms with E-state index in [-0.39, 0.29) is 16.9 Å². The van der Waals surface area contributed by atoms with Crippen LogP contribution in [0.15, 0.2) is 18.2 Å². The van der Waals surface area contributed by atoms with Gasteiger partial charge in [0, 0.05) is 43.5 Å². The van der Waals surface area contributed by atoms with Crippen molar-refractivity contribution in [3.8, 4) is 5.75 Å². The summed E-state index contributed by atoms with van der Waals surface area (Å²) in [7, 11) is 0. The van der Waals surface area contributed by atoms with E-state index < -0.39 is 5.97 Å². The van der Waals surface area contributed by atoms with Crippen LogP contribution in [0.4, 0.5) is 5.69 Å². The Bertz CT molecular complexity index is 713.